The Bertz CT molecular complexity index is 669. The Kier molecular flexibility index (Phi) is 6.14. The number of carbonyl (C=O) groups is 3. The van der Waals surface area contributed by atoms with Crippen molar-refractivity contribution < 1.29 is 14.4 Å². The number of likely N-dealkylation sites (tertiary alicyclic amines) is 1. The minimum absolute atomic E-state index is 0.0820. The molecule has 2 fully saturated rings. The summed E-state index contributed by atoms with van der Waals surface area (Å²) in [6.45, 7) is 1.71. The van der Waals surface area contributed by atoms with E-state index in [4.69, 9.17) is 11.6 Å². The highest BCUT2D eigenvalue weighted by molar-refractivity contribution is 6.30. The number of rotatable bonds is 3. The van der Waals surface area contributed by atoms with Crippen LogP contribution in [0.2, 0.25) is 5.02 Å². The predicted molar refractivity (Wildman–Crippen MR) is 99.3 cm³/mol. The summed E-state index contributed by atoms with van der Waals surface area (Å²) in [4.78, 5) is 38.7. The third-order valence-corrected chi connectivity index (χ3v) is 5.37. The lowest BCUT2D eigenvalue weighted by molar-refractivity contribution is -0.122. The average Bonchev–Trinajstić information content (AvgIpc) is 2.86. The first kappa shape index (κ1) is 18.7. The van der Waals surface area contributed by atoms with Crippen molar-refractivity contribution in [3.8, 4) is 0 Å². The van der Waals surface area contributed by atoms with Gasteiger partial charge in [-0.25, -0.2) is 4.79 Å². The van der Waals surface area contributed by atoms with Crippen molar-refractivity contribution >= 4 is 29.3 Å². The van der Waals surface area contributed by atoms with Gasteiger partial charge in [0.25, 0.3) is 0 Å². The van der Waals surface area contributed by atoms with Crippen molar-refractivity contribution in [2.75, 3.05) is 19.6 Å². The molecule has 0 aliphatic carbocycles. The van der Waals surface area contributed by atoms with Crippen LogP contribution in [0.3, 0.4) is 0 Å². The van der Waals surface area contributed by atoms with Gasteiger partial charge in [-0.15, -0.1) is 0 Å². The van der Waals surface area contributed by atoms with Crippen molar-refractivity contribution in [1.29, 1.82) is 0 Å². The number of hydrogen-bond donors (Lipinski definition) is 2. The van der Waals surface area contributed by atoms with Gasteiger partial charge in [-0.2, -0.15) is 0 Å². The predicted octanol–water partition coefficient (Wildman–Crippen LogP) is 2.61. The van der Waals surface area contributed by atoms with Crippen LogP contribution in [0.1, 0.15) is 42.5 Å². The Hall–Kier alpha value is -2.08. The van der Waals surface area contributed by atoms with Gasteiger partial charge in [0.05, 0.1) is 0 Å². The average molecular weight is 378 g/mol. The molecule has 0 unspecified atom stereocenters. The summed E-state index contributed by atoms with van der Waals surface area (Å²) in [5.41, 5.74) is 0.660. The molecule has 0 spiro atoms. The van der Waals surface area contributed by atoms with E-state index in [-0.39, 0.29) is 23.6 Å². The summed E-state index contributed by atoms with van der Waals surface area (Å²) >= 11 is 5.87. The van der Waals surface area contributed by atoms with E-state index in [2.05, 4.69) is 10.6 Å². The number of nitrogens with one attached hydrogen (secondary N) is 2. The van der Waals surface area contributed by atoms with Gasteiger partial charge >= 0.3 is 6.03 Å². The second-order valence-corrected chi connectivity index (χ2v) is 7.36. The van der Waals surface area contributed by atoms with Crippen LogP contribution in [-0.4, -0.2) is 48.3 Å². The van der Waals surface area contributed by atoms with E-state index in [0.29, 0.717) is 49.5 Å². The highest BCUT2D eigenvalue weighted by atomic mass is 35.5. The summed E-state index contributed by atoms with van der Waals surface area (Å²) in [6, 6.07) is 6.25. The number of halogens is 1. The maximum Gasteiger partial charge on any atom is 0.318 e. The summed E-state index contributed by atoms with van der Waals surface area (Å²) in [5.74, 6) is -0.0880. The second-order valence-electron chi connectivity index (χ2n) is 6.92. The van der Waals surface area contributed by atoms with E-state index in [0.717, 1.165) is 12.8 Å². The quantitative estimate of drug-likeness (QED) is 0.795. The molecule has 1 atom stereocenters. The summed E-state index contributed by atoms with van der Waals surface area (Å²) in [7, 11) is 0. The molecule has 3 rings (SSSR count). The number of benzene rings is 1. The molecule has 2 heterocycles. The van der Waals surface area contributed by atoms with E-state index >= 15 is 0 Å². The summed E-state index contributed by atoms with van der Waals surface area (Å²) in [6.07, 6.45) is 3.79. The van der Waals surface area contributed by atoms with E-state index in [9.17, 15) is 14.4 Å². The highest BCUT2D eigenvalue weighted by Crippen LogP contribution is 2.23. The third kappa shape index (κ3) is 4.55. The number of Topliss-reactive ketones (excluding diaryl/α,β-unsaturated/α-hetero) is 1. The molecular formula is C19H24ClN3O3. The highest BCUT2D eigenvalue weighted by Gasteiger charge is 2.30. The number of carbonyl (C=O) groups excluding carboxylic acids is 3. The Morgan fingerprint density at radius 3 is 2.46 bits per heavy atom. The van der Waals surface area contributed by atoms with Crippen molar-refractivity contribution in [3.05, 3.63) is 34.9 Å². The van der Waals surface area contributed by atoms with Gasteiger partial charge in [-0.3, -0.25) is 9.59 Å². The molecule has 6 nitrogen and oxygen atoms in total. The van der Waals surface area contributed by atoms with Crippen LogP contribution in [0, 0.1) is 5.92 Å². The fourth-order valence-electron chi connectivity index (χ4n) is 3.51. The topological polar surface area (TPSA) is 78.5 Å². The van der Waals surface area contributed by atoms with Crippen LogP contribution >= 0.6 is 11.6 Å². The van der Waals surface area contributed by atoms with Gasteiger partial charge in [0, 0.05) is 36.1 Å². The van der Waals surface area contributed by atoms with Crippen LogP contribution in [0.5, 0.6) is 0 Å². The molecule has 0 radical (unpaired) electrons. The smallest absolute Gasteiger partial charge is 0.318 e. The van der Waals surface area contributed by atoms with Crippen LogP contribution in [-0.2, 0) is 4.79 Å². The molecule has 2 aliphatic rings. The Morgan fingerprint density at radius 2 is 1.77 bits per heavy atom. The fraction of sp³-hybridized carbons (Fsp3) is 0.526. The van der Waals surface area contributed by atoms with Crippen molar-refractivity contribution in [2.45, 2.75) is 38.1 Å². The zero-order valence-corrected chi connectivity index (χ0v) is 15.4. The summed E-state index contributed by atoms with van der Waals surface area (Å²) < 4.78 is 0. The van der Waals surface area contributed by atoms with E-state index in [1.54, 1.807) is 29.2 Å². The first-order chi connectivity index (χ1) is 12.5. The van der Waals surface area contributed by atoms with Crippen LogP contribution < -0.4 is 10.6 Å². The van der Waals surface area contributed by atoms with Crippen molar-refractivity contribution in [1.82, 2.24) is 15.5 Å². The van der Waals surface area contributed by atoms with Crippen molar-refractivity contribution in [2.24, 2.45) is 5.92 Å². The molecule has 2 saturated heterocycles. The zero-order valence-electron chi connectivity index (χ0n) is 14.7. The minimum atomic E-state index is -0.460. The molecule has 3 amide bonds. The van der Waals surface area contributed by atoms with E-state index in [1.165, 1.54) is 0 Å². The first-order valence-corrected chi connectivity index (χ1v) is 9.55. The number of nitrogens with zero attached hydrogens (tertiary/aromatic N) is 1. The number of amides is 3. The zero-order chi connectivity index (χ0) is 18.5. The molecular weight excluding hydrogens is 354 g/mol. The molecule has 2 aliphatic heterocycles. The van der Waals surface area contributed by atoms with Gasteiger partial charge in [-0.1, -0.05) is 11.6 Å². The molecule has 1 aromatic rings. The monoisotopic (exact) mass is 377 g/mol. The van der Waals surface area contributed by atoms with Gasteiger partial charge in [0.2, 0.25) is 5.91 Å². The standard InChI is InChI=1S/C19H24ClN3O3/c20-15-6-4-13(5-7-15)17(24)14-8-11-23(12-9-14)19(26)22-16-3-1-2-10-21-18(16)25/h4-7,14,16H,1-3,8-12H2,(H,21,25)(H,22,26)/t16-/m0/s1. The maximum absolute atomic E-state index is 12.6. The van der Waals surface area contributed by atoms with Gasteiger partial charge in [0.1, 0.15) is 6.04 Å². The maximum atomic E-state index is 12.6. The first-order valence-electron chi connectivity index (χ1n) is 9.17. The lowest BCUT2D eigenvalue weighted by Gasteiger charge is -2.32. The number of urea groups is 1. The number of hydrogen-bond acceptors (Lipinski definition) is 3. The Labute approximate surface area is 158 Å². The lowest BCUT2D eigenvalue weighted by Crippen LogP contribution is -2.52. The number of ketones is 1. The lowest BCUT2D eigenvalue weighted by atomic mass is 9.89. The molecule has 140 valence electrons. The van der Waals surface area contributed by atoms with Crippen LogP contribution in [0.25, 0.3) is 0 Å². The molecule has 1 aromatic carbocycles. The Balaban J connectivity index is 1.51. The van der Waals surface area contributed by atoms with Gasteiger partial charge < -0.3 is 15.5 Å². The molecule has 0 saturated carbocycles. The normalized spacial score (nSPS) is 21.7. The SMILES string of the molecule is O=C(c1ccc(Cl)cc1)C1CCN(C(=O)N[C@H]2CCCCNC2=O)CC1. The largest absolute Gasteiger partial charge is 0.354 e. The van der Waals surface area contributed by atoms with Gasteiger partial charge in [0.15, 0.2) is 5.78 Å². The van der Waals surface area contributed by atoms with Crippen LogP contribution in [0.15, 0.2) is 24.3 Å². The fourth-order valence-corrected chi connectivity index (χ4v) is 3.64. The van der Waals surface area contributed by atoms with E-state index in [1.807, 2.05) is 0 Å². The van der Waals surface area contributed by atoms with Crippen LogP contribution in [0.4, 0.5) is 4.79 Å². The molecule has 0 aromatic heterocycles. The molecule has 7 heteroatoms. The number of piperidine rings is 1. The minimum Gasteiger partial charge on any atom is -0.354 e. The van der Waals surface area contributed by atoms with Crippen molar-refractivity contribution in [3.63, 3.8) is 0 Å². The van der Waals surface area contributed by atoms with E-state index < -0.39 is 6.04 Å². The third-order valence-electron chi connectivity index (χ3n) is 5.11. The molecule has 26 heavy (non-hydrogen) atoms. The molecule has 2 N–H and O–H groups in total. The Morgan fingerprint density at radius 1 is 1.08 bits per heavy atom. The summed E-state index contributed by atoms with van der Waals surface area (Å²) in [5, 5.41) is 6.26. The second kappa shape index (κ2) is 8.54. The molecule has 0 bridgehead atoms. The van der Waals surface area contributed by atoms with Gasteiger partial charge in [-0.05, 0) is 56.4 Å².